The molecule has 1 saturated heterocycles. The van der Waals surface area contributed by atoms with E-state index in [0.29, 0.717) is 51.0 Å². The monoisotopic (exact) mass is 697 g/mol. The maximum absolute atomic E-state index is 13.7. The molecule has 48 heavy (non-hydrogen) atoms. The Labute approximate surface area is 292 Å². The van der Waals surface area contributed by atoms with Crippen LogP contribution in [0.1, 0.15) is 48.1 Å². The van der Waals surface area contributed by atoms with Gasteiger partial charge in [-0.05, 0) is 65.6 Å². The molecule has 0 radical (unpaired) electrons. The van der Waals surface area contributed by atoms with E-state index < -0.39 is 17.7 Å². The molecule has 11 heteroatoms. The van der Waals surface area contributed by atoms with E-state index in [9.17, 15) is 14.7 Å². The molecule has 1 aromatic heterocycles. The number of thioether (sulfide) groups is 1. The Bertz CT molecular complexity index is 1910. The summed E-state index contributed by atoms with van der Waals surface area (Å²) in [5.74, 6) is -0.0802. The molecule has 6 rings (SSSR count). The molecule has 4 aromatic carbocycles. The summed E-state index contributed by atoms with van der Waals surface area (Å²) < 4.78 is 12.3. The van der Waals surface area contributed by atoms with Gasteiger partial charge < -0.3 is 14.6 Å². The summed E-state index contributed by atoms with van der Waals surface area (Å²) in [4.78, 5) is 28.7. The van der Waals surface area contributed by atoms with Crippen LogP contribution in [0.4, 0.5) is 5.13 Å². The van der Waals surface area contributed by atoms with E-state index >= 15 is 0 Å². The minimum Gasteiger partial charge on any atom is -0.507 e. The quantitative estimate of drug-likeness (QED) is 0.0325. The molecule has 0 aliphatic carbocycles. The zero-order valence-corrected chi connectivity index (χ0v) is 28.4. The van der Waals surface area contributed by atoms with Crippen molar-refractivity contribution < 1.29 is 24.2 Å². The molecular formula is C37H32ClN3O5S2. The lowest BCUT2D eigenvalue weighted by Crippen LogP contribution is -2.29. The number of carbonyl (C=O) groups is 2. The molecule has 0 bridgehead atoms. The van der Waals surface area contributed by atoms with Crippen molar-refractivity contribution in [3.63, 3.8) is 0 Å². The molecule has 8 nitrogen and oxygen atoms in total. The molecule has 1 fully saturated rings. The molecule has 0 spiro atoms. The van der Waals surface area contributed by atoms with Gasteiger partial charge in [-0.15, -0.1) is 10.2 Å². The van der Waals surface area contributed by atoms with E-state index in [4.69, 9.17) is 21.1 Å². The first-order valence-electron chi connectivity index (χ1n) is 15.4. The number of ketones is 1. The zero-order valence-electron chi connectivity index (χ0n) is 26.0. The lowest BCUT2D eigenvalue weighted by atomic mass is 9.95. The van der Waals surface area contributed by atoms with E-state index in [0.717, 1.165) is 24.0 Å². The van der Waals surface area contributed by atoms with E-state index in [1.54, 1.807) is 48.5 Å². The number of Topliss-reactive ketones (excluding diaryl/α,β-unsaturated/α-hetero) is 1. The van der Waals surface area contributed by atoms with Gasteiger partial charge >= 0.3 is 5.91 Å². The standard InChI is InChI=1S/C37H32ClN3O5S2/c1-2-3-21-45-28-19-15-26(16-20-28)33(42)31-32(25-13-17-29(18-14-25)46-22-24-9-5-4-6-10-24)41(35(44)34(31)43)36-39-40-37(48-36)47-23-27-11-7-8-12-30(27)38/h4-20,32,42H,2-3,21-23H2,1H3/b33-31+. The van der Waals surface area contributed by atoms with Crippen LogP contribution < -0.4 is 14.4 Å². The third-order valence-electron chi connectivity index (χ3n) is 7.69. The molecule has 5 aromatic rings. The molecule has 1 atom stereocenters. The number of unbranched alkanes of at least 4 members (excludes halogenated alkanes) is 1. The first kappa shape index (κ1) is 33.3. The fourth-order valence-corrected chi connectivity index (χ4v) is 7.30. The number of amides is 1. The molecule has 1 amide bonds. The summed E-state index contributed by atoms with van der Waals surface area (Å²) in [6.45, 7) is 3.05. The molecule has 1 N–H and O–H groups in total. The van der Waals surface area contributed by atoms with Crippen LogP contribution in [0.25, 0.3) is 5.76 Å². The number of benzene rings is 4. The Morgan fingerprint density at radius 2 is 1.58 bits per heavy atom. The average molecular weight is 698 g/mol. The summed E-state index contributed by atoms with van der Waals surface area (Å²) in [5, 5.41) is 21.1. The van der Waals surface area contributed by atoms with Crippen molar-refractivity contribution in [1.29, 1.82) is 0 Å². The SMILES string of the molecule is CCCCOc1ccc(/C(O)=C2\C(=O)C(=O)N(c3nnc(SCc4ccccc4Cl)s3)C2c2ccc(OCc3ccccc3)cc2)cc1. The van der Waals surface area contributed by atoms with Gasteiger partial charge in [-0.2, -0.15) is 0 Å². The summed E-state index contributed by atoms with van der Waals surface area (Å²) in [7, 11) is 0. The van der Waals surface area contributed by atoms with Gasteiger partial charge in [0.1, 0.15) is 23.9 Å². The van der Waals surface area contributed by atoms with Gasteiger partial charge in [0, 0.05) is 16.3 Å². The number of rotatable bonds is 13. The van der Waals surface area contributed by atoms with Crippen LogP contribution in [0.5, 0.6) is 11.5 Å². The smallest absolute Gasteiger partial charge is 0.301 e. The third-order valence-corrected chi connectivity index (χ3v) is 10.2. The molecular weight excluding hydrogens is 666 g/mol. The predicted molar refractivity (Wildman–Crippen MR) is 190 cm³/mol. The second-order valence-electron chi connectivity index (χ2n) is 11.0. The number of halogens is 1. The fraction of sp³-hybridized carbons (Fsp3) is 0.189. The first-order chi connectivity index (χ1) is 23.4. The van der Waals surface area contributed by atoms with Crippen LogP contribution in [-0.4, -0.2) is 33.6 Å². The largest absolute Gasteiger partial charge is 0.507 e. The molecule has 1 aliphatic rings. The summed E-state index contributed by atoms with van der Waals surface area (Å²) >= 11 is 8.96. The number of aliphatic hydroxyl groups excluding tert-OH is 1. The highest BCUT2D eigenvalue weighted by molar-refractivity contribution is 8.00. The minimum atomic E-state index is -0.956. The number of hydrogen-bond donors (Lipinski definition) is 1. The predicted octanol–water partition coefficient (Wildman–Crippen LogP) is 8.87. The van der Waals surface area contributed by atoms with Crippen molar-refractivity contribution in [2.75, 3.05) is 11.5 Å². The summed E-state index contributed by atoms with van der Waals surface area (Å²) in [6, 6.07) is 30.4. The van der Waals surface area contributed by atoms with E-state index in [2.05, 4.69) is 17.1 Å². The van der Waals surface area contributed by atoms with Gasteiger partial charge in [0.05, 0.1) is 18.2 Å². The molecule has 0 saturated carbocycles. The third kappa shape index (κ3) is 7.57. The normalized spacial score (nSPS) is 15.5. The van der Waals surface area contributed by atoms with Gasteiger partial charge in [0.25, 0.3) is 5.78 Å². The van der Waals surface area contributed by atoms with Crippen LogP contribution in [0.15, 0.2) is 113 Å². The number of anilines is 1. The van der Waals surface area contributed by atoms with Crippen molar-refractivity contribution in [2.24, 2.45) is 0 Å². The molecule has 2 heterocycles. The average Bonchev–Trinajstić information content (AvgIpc) is 3.69. The maximum atomic E-state index is 13.7. The second kappa shape index (κ2) is 15.5. The van der Waals surface area contributed by atoms with Gasteiger partial charge in [-0.1, -0.05) is 109 Å². The second-order valence-corrected chi connectivity index (χ2v) is 13.6. The number of carbonyl (C=O) groups excluding carboxylic acids is 2. The topological polar surface area (TPSA) is 102 Å². The van der Waals surface area contributed by atoms with E-state index in [1.165, 1.54) is 28.0 Å². The molecule has 1 unspecified atom stereocenters. The van der Waals surface area contributed by atoms with Crippen molar-refractivity contribution in [3.05, 3.63) is 136 Å². The lowest BCUT2D eigenvalue weighted by molar-refractivity contribution is -0.132. The van der Waals surface area contributed by atoms with E-state index in [1.807, 2.05) is 54.6 Å². The van der Waals surface area contributed by atoms with E-state index in [-0.39, 0.29) is 16.5 Å². The van der Waals surface area contributed by atoms with Crippen LogP contribution in [0, 0.1) is 0 Å². The Balaban J connectivity index is 1.32. The van der Waals surface area contributed by atoms with Gasteiger partial charge in [-0.3, -0.25) is 14.5 Å². The number of hydrogen-bond acceptors (Lipinski definition) is 9. The lowest BCUT2D eigenvalue weighted by Gasteiger charge is -2.22. The Morgan fingerprint density at radius 1 is 0.896 bits per heavy atom. The Morgan fingerprint density at radius 3 is 2.31 bits per heavy atom. The zero-order chi connectivity index (χ0) is 33.5. The van der Waals surface area contributed by atoms with Crippen molar-refractivity contribution in [3.8, 4) is 11.5 Å². The minimum absolute atomic E-state index is 0.0434. The molecule has 244 valence electrons. The van der Waals surface area contributed by atoms with Crippen LogP contribution in [0.2, 0.25) is 5.02 Å². The number of aliphatic hydroxyl groups is 1. The highest BCUT2D eigenvalue weighted by Gasteiger charge is 2.48. The molecule has 1 aliphatic heterocycles. The number of nitrogens with zero attached hydrogens (tertiary/aromatic N) is 3. The fourth-order valence-electron chi connectivity index (χ4n) is 5.14. The maximum Gasteiger partial charge on any atom is 0.301 e. The van der Waals surface area contributed by atoms with Crippen molar-refractivity contribution in [2.45, 2.75) is 42.5 Å². The summed E-state index contributed by atoms with van der Waals surface area (Å²) in [6.07, 6.45) is 1.93. The van der Waals surface area contributed by atoms with Crippen molar-refractivity contribution >= 4 is 57.3 Å². The Kier molecular flexibility index (Phi) is 10.7. The first-order valence-corrected chi connectivity index (χ1v) is 17.6. The van der Waals surface area contributed by atoms with Gasteiger partial charge in [0.2, 0.25) is 5.13 Å². The number of aromatic nitrogens is 2. The van der Waals surface area contributed by atoms with Gasteiger partial charge in [0.15, 0.2) is 4.34 Å². The van der Waals surface area contributed by atoms with Crippen LogP contribution in [-0.2, 0) is 21.9 Å². The highest BCUT2D eigenvalue weighted by atomic mass is 35.5. The highest BCUT2D eigenvalue weighted by Crippen LogP contribution is 2.44. The summed E-state index contributed by atoms with van der Waals surface area (Å²) in [5.41, 5.74) is 2.91. The van der Waals surface area contributed by atoms with Crippen LogP contribution >= 0.6 is 34.7 Å². The van der Waals surface area contributed by atoms with Crippen molar-refractivity contribution in [1.82, 2.24) is 10.2 Å². The number of ether oxygens (including phenoxy) is 2. The Hall–Kier alpha value is -4.64. The van der Waals surface area contributed by atoms with Crippen LogP contribution in [0.3, 0.4) is 0 Å². The van der Waals surface area contributed by atoms with Gasteiger partial charge in [-0.25, -0.2) is 0 Å².